The van der Waals surface area contributed by atoms with Crippen LogP contribution in [-0.2, 0) is 7.05 Å². The maximum absolute atomic E-state index is 11.1. The minimum absolute atomic E-state index is 0.00947. The van der Waals surface area contributed by atoms with Crippen molar-refractivity contribution >= 4 is 11.5 Å². The molecule has 108 valence electrons. The van der Waals surface area contributed by atoms with Crippen molar-refractivity contribution in [2.45, 2.75) is 20.8 Å². The summed E-state index contributed by atoms with van der Waals surface area (Å²) in [4.78, 5) is 12.8. The Balaban J connectivity index is 2.86. The third-order valence-corrected chi connectivity index (χ3v) is 2.85. The fourth-order valence-corrected chi connectivity index (χ4v) is 2.30. The third-order valence-electron chi connectivity index (χ3n) is 2.85. The topological polar surface area (TPSA) is 76.2 Å². The van der Waals surface area contributed by atoms with E-state index in [9.17, 15) is 10.1 Å². The van der Waals surface area contributed by atoms with Crippen molar-refractivity contribution in [1.29, 1.82) is 0 Å². The Labute approximate surface area is 113 Å². The molecule has 1 aromatic heterocycles. The Morgan fingerprint density at radius 3 is 2.53 bits per heavy atom. The van der Waals surface area contributed by atoms with Crippen molar-refractivity contribution in [1.82, 2.24) is 14.7 Å². The summed E-state index contributed by atoms with van der Waals surface area (Å²) in [6.45, 7) is 7.42. The summed E-state index contributed by atoms with van der Waals surface area (Å²) in [7, 11) is 5.73. The Morgan fingerprint density at radius 2 is 2.05 bits per heavy atom. The summed E-state index contributed by atoms with van der Waals surface area (Å²) in [6.07, 6.45) is 0. The molecule has 19 heavy (non-hydrogen) atoms. The number of nitro groups is 1. The second kappa shape index (κ2) is 5.56. The molecule has 7 heteroatoms. The zero-order valence-corrected chi connectivity index (χ0v) is 12.5. The predicted molar refractivity (Wildman–Crippen MR) is 75.4 cm³/mol. The lowest BCUT2D eigenvalue weighted by Gasteiger charge is -2.28. The van der Waals surface area contributed by atoms with E-state index in [4.69, 9.17) is 0 Å². The SMILES string of the molecule is Cc1nn(C)c(NCC(C)(C)CN(C)C)c1[N+](=O)[O-]. The lowest BCUT2D eigenvalue weighted by molar-refractivity contribution is -0.384. The third kappa shape index (κ3) is 3.92. The molecule has 0 aromatic carbocycles. The minimum atomic E-state index is -0.385. The molecule has 0 spiro atoms. The smallest absolute Gasteiger partial charge is 0.333 e. The molecular weight excluding hydrogens is 246 g/mol. The van der Waals surface area contributed by atoms with E-state index in [0.29, 0.717) is 18.1 Å². The average Bonchev–Trinajstić information content (AvgIpc) is 2.48. The number of rotatable bonds is 6. The van der Waals surface area contributed by atoms with E-state index in [1.807, 2.05) is 14.1 Å². The number of aromatic nitrogens is 2. The van der Waals surface area contributed by atoms with Crippen molar-refractivity contribution < 1.29 is 4.92 Å². The summed E-state index contributed by atoms with van der Waals surface area (Å²) in [5.74, 6) is 0.467. The molecule has 0 saturated heterocycles. The molecule has 1 N–H and O–H groups in total. The van der Waals surface area contributed by atoms with Gasteiger partial charge in [-0.1, -0.05) is 13.8 Å². The van der Waals surface area contributed by atoms with Gasteiger partial charge in [0.25, 0.3) is 0 Å². The summed E-state index contributed by atoms with van der Waals surface area (Å²) >= 11 is 0. The standard InChI is InChI=1S/C12H23N5O2/c1-9-10(17(18)19)11(16(6)14-9)13-7-12(2,3)8-15(4)5/h13H,7-8H2,1-6H3. The van der Waals surface area contributed by atoms with Crippen molar-refractivity contribution in [2.24, 2.45) is 12.5 Å². The van der Waals surface area contributed by atoms with E-state index < -0.39 is 0 Å². The lowest BCUT2D eigenvalue weighted by Crippen LogP contribution is -2.34. The summed E-state index contributed by atoms with van der Waals surface area (Å²) in [5, 5.41) is 18.3. The van der Waals surface area contributed by atoms with Gasteiger partial charge >= 0.3 is 5.69 Å². The zero-order valence-electron chi connectivity index (χ0n) is 12.5. The van der Waals surface area contributed by atoms with E-state index in [-0.39, 0.29) is 16.0 Å². The molecule has 1 rings (SSSR count). The fraction of sp³-hybridized carbons (Fsp3) is 0.750. The van der Waals surface area contributed by atoms with Gasteiger partial charge in [-0.2, -0.15) is 5.10 Å². The predicted octanol–water partition coefficient (Wildman–Crippen LogP) is 1.64. The second-order valence-electron chi connectivity index (χ2n) is 5.92. The van der Waals surface area contributed by atoms with Gasteiger partial charge in [0.15, 0.2) is 0 Å². The maximum Gasteiger partial charge on any atom is 0.333 e. The van der Waals surface area contributed by atoms with Gasteiger partial charge < -0.3 is 10.2 Å². The van der Waals surface area contributed by atoms with E-state index >= 15 is 0 Å². The van der Waals surface area contributed by atoms with Gasteiger partial charge in [-0.15, -0.1) is 0 Å². The summed E-state index contributed by atoms with van der Waals surface area (Å²) in [5.41, 5.74) is 0.499. The Hall–Kier alpha value is -1.63. The van der Waals surface area contributed by atoms with Crippen LogP contribution in [0, 0.1) is 22.5 Å². The van der Waals surface area contributed by atoms with Crippen LogP contribution in [0.25, 0.3) is 0 Å². The second-order valence-corrected chi connectivity index (χ2v) is 5.92. The molecule has 7 nitrogen and oxygen atoms in total. The summed E-state index contributed by atoms with van der Waals surface area (Å²) < 4.78 is 1.53. The highest BCUT2D eigenvalue weighted by molar-refractivity contribution is 5.59. The first-order valence-corrected chi connectivity index (χ1v) is 6.20. The van der Waals surface area contributed by atoms with Gasteiger partial charge in [0.05, 0.1) is 4.92 Å². The van der Waals surface area contributed by atoms with E-state index in [0.717, 1.165) is 6.54 Å². The molecule has 0 fully saturated rings. The van der Waals surface area contributed by atoms with Gasteiger partial charge in [-0.25, -0.2) is 4.68 Å². The summed E-state index contributed by atoms with van der Waals surface area (Å²) in [6, 6.07) is 0. The van der Waals surface area contributed by atoms with Gasteiger partial charge in [-0.05, 0) is 26.4 Å². The van der Waals surface area contributed by atoms with Gasteiger partial charge in [0, 0.05) is 20.1 Å². The zero-order chi connectivity index (χ0) is 14.8. The highest BCUT2D eigenvalue weighted by Gasteiger charge is 2.26. The van der Waals surface area contributed by atoms with Crippen LogP contribution < -0.4 is 5.32 Å². The Morgan fingerprint density at radius 1 is 1.47 bits per heavy atom. The van der Waals surface area contributed by atoms with Gasteiger partial charge in [0.1, 0.15) is 5.69 Å². The fourth-order valence-electron chi connectivity index (χ4n) is 2.30. The number of aryl methyl sites for hydroxylation is 2. The first kappa shape index (κ1) is 15.4. The maximum atomic E-state index is 11.1. The molecule has 0 amide bonds. The molecule has 0 atom stereocenters. The molecule has 0 unspecified atom stereocenters. The highest BCUT2D eigenvalue weighted by Crippen LogP contribution is 2.28. The van der Waals surface area contributed by atoms with E-state index in [1.165, 1.54) is 4.68 Å². The number of hydrogen-bond acceptors (Lipinski definition) is 5. The van der Waals surface area contributed by atoms with Crippen molar-refractivity contribution in [3.05, 3.63) is 15.8 Å². The molecule has 0 aliphatic rings. The molecule has 0 bridgehead atoms. The highest BCUT2D eigenvalue weighted by atomic mass is 16.6. The van der Waals surface area contributed by atoms with Crippen LogP contribution in [0.4, 0.5) is 11.5 Å². The van der Waals surface area contributed by atoms with Crippen LogP contribution in [0.2, 0.25) is 0 Å². The average molecular weight is 269 g/mol. The number of nitrogens with one attached hydrogen (secondary N) is 1. The number of hydrogen-bond donors (Lipinski definition) is 1. The number of nitrogens with zero attached hydrogens (tertiary/aromatic N) is 4. The largest absolute Gasteiger partial charge is 0.364 e. The molecule has 0 aliphatic heterocycles. The van der Waals surface area contributed by atoms with E-state index in [2.05, 4.69) is 29.2 Å². The van der Waals surface area contributed by atoms with Gasteiger partial charge in [-0.3, -0.25) is 10.1 Å². The molecule has 0 radical (unpaired) electrons. The van der Waals surface area contributed by atoms with Crippen LogP contribution in [-0.4, -0.2) is 46.8 Å². The normalized spacial score (nSPS) is 11.9. The molecule has 1 heterocycles. The quantitative estimate of drug-likeness (QED) is 0.627. The first-order valence-electron chi connectivity index (χ1n) is 6.20. The van der Waals surface area contributed by atoms with E-state index in [1.54, 1.807) is 14.0 Å². The van der Waals surface area contributed by atoms with Gasteiger partial charge in [0.2, 0.25) is 5.82 Å². The van der Waals surface area contributed by atoms with Crippen LogP contribution in [0.1, 0.15) is 19.5 Å². The molecular formula is C12H23N5O2. The lowest BCUT2D eigenvalue weighted by atomic mass is 9.93. The molecule has 1 aromatic rings. The van der Waals surface area contributed by atoms with Crippen molar-refractivity contribution in [3.63, 3.8) is 0 Å². The van der Waals surface area contributed by atoms with Crippen LogP contribution in [0.3, 0.4) is 0 Å². The molecule has 0 aliphatic carbocycles. The Bertz CT molecular complexity index is 465. The van der Waals surface area contributed by atoms with Crippen LogP contribution in [0.15, 0.2) is 0 Å². The number of anilines is 1. The Kier molecular flexibility index (Phi) is 4.52. The minimum Gasteiger partial charge on any atom is -0.364 e. The first-order chi connectivity index (χ1) is 8.64. The van der Waals surface area contributed by atoms with Crippen molar-refractivity contribution in [2.75, 3.05) is 32.5 Å². The van der Waals surface area contributed by atoms with Crippen molar-refractivity contribution in [3.8, 4) is 0 Å². The molecule has 0 saturated carbocycles. The van der Waals surface area contributed by atoms with Crippen LogP contribution >= 0.6 is 0 Å². The monoisotopic (exact) mass is 269 g/mol. The van der Waals surface area contributed by atoms with Crippen LogP contribution in [0.5, 0.6) is 0 Å².